The minimum atomic E-state index is 0.984. The first kappa shape index (κ1) is 7.84. The van der Waals surface area contributed by atoms with E-state index in [2.05, 4.69) is 18.2 Å². The van der Waals surface area contributed by atoms with Gasteiger partial charge in [-0.05, 0) is 56.3 Å². The van der Waals surface area contributed by atoms with E-state index >= 15 is 0 Å². The van der Waals surface area contributed by atoms with E-state index in [1.807, 2.05) is 5.57 Å². The molecular formula is C13H18. The Morgan fingerprint density at radius 1 is 1.15 bits per heavy atom. The summed E-state index contributed by atoms with van der Waals surface area (Å²) in [6, 6.07) is 0. The Kier molecular flexibility index (Phi) is 1.81. The minimum absolute atomic E-state index is 0.984. The van der Waals surface area contributed by atoms with Gasteiger partial charge < -0.3 is 0 Å². The predicted octanol–water partition coefficient (Wildman–Crippen LogP) is 3.70. The van der Waals surface area contributed by atoms with Crippen LogP contribution in [0.5, 0.6) is 0 Å². The highest BCUT2D eigenvalue weighted by Gasteiger charge is 2.42. The number of rotatable bonds is 0. The van der Waals surface area contributed by atoms with E-state index in [0.717, 1.165) is 17.8 Å². The maximum atomic E-state index is 2.44. The maximum absolute atomic E-state index is 2.44. The zero-order chi connectivity index (χ0) is 8.67. The monoisotopic (exact) mass is 174 g/mol. The van der Waals surface area contributed by atoms with Crippen molar-refractivity contribution in [2.24, 2.45) is 17.8 Å². The average Bonchev–Trinajstić information content (AvgIpc) is 2.62. The van der Waals surface area contributed by atoms with Crippen LogP contribution in [-0.4, -0.2) is 0 Å². The number of allylic oxidation sites excluding steroid dienone is 4. The molecule has 3 atom stereocenters. The molecule has 3 unspecified atom stereocenters. The van der Waals surface area contributed by atoms with Crippen LogP contribution >= 0.6 is 0 Å². The summed E-state index contributed by atoms with van der Waals surface area (Å²) in [5.41, 5.74) is 1.81. The third-order valence-electron chi connectivity index (χ3n) is 4.25. The second-order valence-electron chi connectivity index (χ2n) is 4.90. The van der Waals surface area contributed by atoms with Gasteiger partial charge in [0.1, 0.15) is 0 Å². The summed E-state index contributed by atoms with van der Waals surface area (Å²) in [6.07, 6.45) is 15.8. The van der Waals surface area contributed by atoms with Crippen molar-refractivity contribution < 1.29 is 0 Å². The zero-order valence-corrected chi connectivity index (χ0v) is 8.21. The van der Waals surface area contributed by atoms with E-state index in [0.29, 0.717) is 0 Å². The largest absolute Gasteiger partial charge is 0.0845 e. The van der Waals surface area contributed by atoms with Gasteiger partial charge in [-0.3, -0.25) is 0 Å². The highest BCUT2D eigenvalue weighted by atomic mass is 14.5. The van der Waals surface area contributed by atoms with Gasteiger partial charge in [0.05, 0.1) is 0 Å². The molecule has 0 aromatic carbocycles. The topological polar surface area (TPSA) is 0 Å². The predicted molar refractivity (Wildman–Crippen MR) is 55.4 cm³/mol. The molecule has 70 valence electrons. The molecule has 2 bridgehead atoms. The van der Waals surface area contributed by atoms with E-state index in [1.165, 1.54) is 38.5 Å². The van der Waals surface area contributed by atoms with Crippen molar-refractivity contribution in [3.63, 3.8) is 0 Å². The van der Waals surface area contributed by atoms with Gasteiger partial charge >= 0.3 is 0 Å². The lowest BCUT2D eigenvalue weighted by Gasteiger charge is -2.25. The van der Waals surface area contributed by atoms with Crippen molar-refractivity contribution in [2.75, 3.05) is 0 Å². The summed E-state index contributed by atoms with van der Waals surface area (Å²) in [7, 11) is 0. The molecule has 3 aliphatic carbocycles. The first-order valence-electron chi connectivity index (χ1n) is 5.82. The fourth-order valence-electron chi connectivity index (χ4n) is 3.65. The summed E-state index contributed by atoms with van der Waals surface area (Å²) in [5, 5.41) is 0. The Bertz CT molecular complexity index is 259. The summed E-state index contributed by atoms with van der Waals surface area (Å²) in [6.45, 7) is 0. The van der Waals surface area contributed by atoms with Crippen molar-refractivity contribution >= 4 is 0 Å². The molecule has 0 aliphatic heterocycles. The summed E-state index contributed by atoms with van der Waals surface area (Å²) in [4.78, 5) is 0. The van der Waals surface area contributed by atoms with E-state index in [1.54, 1.807) is 0 Å². The van der Waals surface area contributed by atoms with Crippen LogP contribution in [0.4, 0.5) is 0 Å². The van der Waals surface area contributed by atoms with Gasteiger partial charge in [-0.2, -0.15) is 0 Å². The number of hydrogen-bond acceptors (Lipinski definition) is 0. The fourth-order valence-corrected chi connectivity index (χ4v) is 3.65. The summed E-state index contributed by atoms with van der Waals surface area (Å²) in [5.74, 6) is 3.05. The lowest BCUT2D eigenvalue weighted by molar-refractivity contribution is 0.375. The first-order valence-corrected chi connectivity index (χ1v) is 5.82. The Morgan fingerprint density at radius 2 is 2.15 bits per heavy atom. The second-order valence-corrected chi connectivity index (χ2v) is 4.90. The summed E-state index contributed by atoms with van der Waals surface area (Å²) < 4.78 is 0. The molecule has 0 saturated heterocycles. The van der Waals surface area contributed by atoms with Gasteiger partial charge in [-0.25, -0.2) is 0 Å². The molecule has 0 heteroatoms. The van der Waals surface area contributed by atoms with Crippen LogP contribution in [0.15, 0.2) is 23.8 Å². The van der Waals surface area contributed by atoms with Crippen molar-refractivity contribution in [2.45, 2.75) is 38.5 Å². The van der Waals surface area contributed by atoms with Crippen LogP contribution in [0, 0.1) is 17.8 Å². The molecule has 2 saturated carbocycles. The van der Waals surface area contributed by atoms with E-state index < -0.39 is 0 Å². The molecule has 0 heterocycles. The molecular weight excluding hydrogens is 156 g/mol. The number of hydrogen-bond donors (Lipinski definition) is 0. The van der Waals surface area contributed by atoms with Crippen LogP contribution in [0.2, 0.25) is 0 Å². The van der Waals surface area contributed by atoms with Crippen LogP contribution in [0.25, 0.3) is 0 Å². The quantitative estimate of drug-likeness (QED) is 0.525. The second kappa shape index (κ2) is 3.01. The normalized spacial score (nSPS) is 42.5. The van der Waals surface area contributed by atoms with Crippen molar-refractivity contribution in [3.05, 3.63) is 23.8 Å². The highest BCUT2D eigenvalue weighted by molar-refractivity contribution is 5.26. The van der Waals surface area contributed by atoms with Gasteiger partial charge in [-0.1, -0.05) is 23.8 Å². The van der Waals surface area contributed by atoms with Crippen molar-refractivity contribution in [1.29, 1.82) is 0 Å². The first-order chi connectivity index (χ1) is 6.45. The third kappa shape index (κ3) is 1.19. The Balaban J connectivity index is 1.93. The maximum Gasteiger partial charge on any atom is -0.0169 e. The summed E-state index contributed by atoms with van der Waals surface area (Å²) >= 11 is 0. The molecule has 0 aromatic heterocycles. The minimum Gasteiger partial charge on any atom is -0.0845 e. The number of fused-ring (bicyclic) bond motifs is 5. The molecule has 0 radical (unpaired) electrons. The molecule has 3 aliphatic rings. The molecule has 0 N–H and O–H groups in total. The SMILES string of the molecule is C1=CCCCC2C(=C1)C1CCC2C1. The van der Waals surface area contributed by atoms with Gasteiger partial charge in [0.2, 0.25) is 0 Å². The fraction of sp³-hybridized carbons (Fsp3) is 0.692. The van der Waals surface area contributed by atoms with Crippen molar-refractivity contribution in [3.8, 4) is 0 Å². The van der Waals surface area contributed by atoms with Gasteiger partial charge in [0.25, 0.3) is 0 Å². The lowest BCUT2D eigenvalue weighted by Crippen LogP contribution is -2.14. The lowest BCUT2D eigenvalue weighted by atomic mass is 9.80. The van der Waals surface area contributed by atoms with Crippen LogP contribution in [0.3, 0.4) is 0 Å². The highest BCUT2D eigenvalue weighted by Crippen LogP contribution is 2.53. The third-order valence-corrected chi connectivity index (χ3v) is 4.25. The van der Waals surface area contributed by atoms with Gasteiger partial charge in [0, 0.05) is 0 Å². The molecule has 0 spiro atoms. The molecule has 0 nitrogen and oxygen atoms in total. The van der Waals surface area contributed by atoms with Gasteiger partial charge in [0.15, 0.2) is 0 Å². The molecule has 0 aromatic rings. The average molecular weight is 174 g/mol. The van der Waals surface area contributed by atoms with Crippen LogP contribution in [0.1, 0.15) is 38.5 Å². The van der Waals surface area contributed by atoms with E-state index in [-0.39, 0.29) is 0 Å². The standard InChI is InChI=1S/C13H18/c1-2-4-6-13-11-8-7-10(9-11)12(13)5-3-1/h1,3,5,10-11,13H,2,4,6-9H2. The van der Waals surface area contributed by atoms with Crippen LogP contribution < -0.4 is 0 Å². The van der Waals surface area contributed by atoms with Crippen LogP contribution in [-0.2, 0) is 0 Å². The van der Waals surface area contributed by atoms with Crippen molar-refractivity contribution in [1.82, 2.24) is 0 Å². The van der Waals surface area contributed by atoms with Gasteiger partial charge in [-0.15, -0.1) is 0 Å². The Labute approximate surface area is 80.7 Å². The van der Waals surface area contributed by atoms with E-state index in [4.69, 9.17) is 0 Å². The molecule has 2 fully saturated rings. The smallest absolute Gasteiger partial charge is 0.0169 e. The molecule has 0 amide bonds. The molecule has 13 heavy (non-hydrogen) atoms. The Morgan fingerprint density at radius 3 is 3.15 bits per heavy atom. The Hall–Kier alpha value is -0.520. The molecule has 3 rings (SSSR count). The van der Waals surface area contributed by atoms with E-state index in [9.17, 15) is 0 Å². The zero-order valence-electron chi connectivity index (χ0n) is 8.21.